The van der Waals surface area contributed by atoms with Gasteiger partial charge in [0, 0.05) is 22.0 Å². The molecular weight excluding hydrogens is 472 g/mol. The predicted molar refractivity (Wildman–Crippen MR) is 123 cm³/mol. The van der Waals surface area contributed by atoms with Gasteiger partial charge in [-0.1, -0.05) is 41.4 Å². The van der Waals surface area contributed by atoms with Crippen LogP contribution in [0.4, 0.5) is 4.39 Å². The van der Waals surface area contributed by atoms with Crippen LogP contribution in [0.2, 0.25) is 10.0 Å². The summed E-state index contributed by atoms with van der Waals surface area (Å²) in [7, 11) is 3.26. The van der Waals surface area contributed by atoms with E-state index in [2.05, 4.69) is 4.58 Å². The van der Waals surface area contributed by atoms with E-state index in [0.717, 1.165) is 29.8 Å². The van der Waals surface area contributed by atoms with Crippen LogP contribution in [-0.2, 0) is 19.4 Å². The van der Waals surface area contributed by atoms with E-state index in [1.807, 2.05) is 36.4 Å². The van der Waals surface area contributed by atoms with Gasteiger partial charge in [0.2, 0.25) is 0 Å². The number of rotatable bonds is 6. The zero-order chi connectivity index (χ0) is 22.0. The summed E-state index contributed by atoms with van der Waals surface area (Å²) in [5.41, 5.74) is 4.91. The van der Waals surface area contributed by atoms with Crippen LogP contribution in [0.3, 0.4) is 0 Å². The number of hydrogen-bond acceptors (Lipinski definition) is 2. The third-order valence-electron chi connectivity index (χ3n) is 5.65. The monoisotopic (exact) mass is 493 g/mol. The summed E-state index contributed by atoms with van der Waals surface area (Å²) in [5, 5.41) is 1.20. The summed E-state index contributed by atoms with van der Waals surface area (Å²) in [6, 6.07) is 16.4. The van der Waals surface area contributed by atoms with Gasteiger partial charge < -0.3 is 21.9 Å². The van der Waals surface area contributed by atoms with E-state index in [9.17, 15) is 4.39 Å². The van der Waals surface area contributed by atoms with Crippen LogP contribution in [0.5, 0.6) is 11.5 Å². The molecule has 32 heavy (non-hydrogen) atoms. The molecule has 0 atom stereocenters. The maximum atomic E-state index is 14.4. The third kappa shape index (κ3) is 5.03. The van der Waals surface area contributed by atoms with Crippen molar-refractivity contribution in [2.45, 2.75) is 19.4 Å². The first-order valence-corrected chi connectivity index (χ1v) is 10.8. The quantitative estimate of drug-likeness (QED) is 0.492. The summed E-state index contributed by atoms with van der Waals surface area (Å²) in [5.74, 6) is 1.16. The highest BCUT2D eigenvalue weighted by Crippen LogP contribution is 2.34. The molecule has 0 bridgehead atoms. The van der Waals surface area contributed by atoms with Gasteiger partial charge in [-0.3, -0.25) is 0 Å². The Hall–Kier alpha value is -2.27. The molecule has 0 aliphatic carbocycles. The van der Waals surface area contributed by atoms with Gasteiger partial charge in [0.15, 0.2) is 23.8 Å². The molecule has 1 aliphatic rings. The van der Waals surface area contributed by atoms with Crippen molar-refractivity contribution in [1.29, 1.82) is 0 Å². The molecule has 3 nitrogen and oxygen atoms in total. The van der Waals surface area contributed by atoms with Gasteiger partial charge in [-0.2, -0.15) is 0 Å². The van der Waals surface area contributed by atoms with Crippen LogP contribution < -0.4 is 21.9 Å². The lowest BCUT2D eigenvalue weighted by atomic mass is 9.91. The van der Waals surface area contributed by atoms with E-state index >= 15 is 0 Å². The minimum absolute atomic E-state index is 0. The molecule has 0 saturated carbocycles. The Morgan fingerprint density at radius 3 is 2.34 bits per heavy atom. The summed E-state index contributed by atoms with van der Waals surface area (Å²) in [6.45, 7) is 1.23. The molecule has 0 radical (unpaired) electrons. The Morgan fingerprint density at radius 1 is 0.938 bits per heavy atom. The van der Waals surface area contributed by atoms with E-state index < -0.39 is 0 Å². The van der Waals surface area contributed by atoms with Crippen molar-refractivity contribution in [3.8, 4) is 11.5 Å². The molecule has 0 unspecified atom stereocenters. The molecule has 0 saturated heterocycles. The Balaban J connectivity index is 0.00000289. The summed E-state index contributed by atoms with van der Waals surface area (Å²) in [6.07, 6.45) is 1.41. The summed E-state index contributed by atoms with van der Waals surface area (Å²) >= 11 is 12.6. The second-order valence-corrected chi connectivity index (χ2v) is 8.33. The molecule has 1 heterocycles. The van der Waals surface area contributed by atoms with E-state index in [-0.39, 0.29) is 18.2 Å². The van der Waals surface area contributed by atoms with Crippen molar-refractivity contribution >= 4 is 28.9 Å². The molecular formula is C25H23Cl3FNO2. The van der Waals surface area contributed by atoms with E-state index in [0.29, 0.717) is 40.1 Å². The van der Waals surface area contributed by atoms with Gasteiger partial charge in [0.1, 0.15) is 12.4 Å². The normalized spacial score (nSPS) is 12.8. The Bertz CT molecular complexity index is 1160. The highest BCUT2D eigenvalue weighted by atomic mass is 35.5. The number of fused-ring (bicyclic) bond motifs is 1. The van der Waals surface area contributed by atoms with Crippen LogP contribution >= 0.6 is 23.2 Å². The first-order chi connectivity index (χ1) is 15.0. The van der Waals surface area contributed by atoms with Gasteiger partial charge in [0.05, 0.1) is 26.2 Å². The lowest BCUT2D eigenvalue weighted by Crippen LogP contribution is -3.00. The third-order valence-corrected chi connectivity index (χ3v) is 6.23. The smallest absolute Gasteiger partial charge is 0.188 e. The molecule has 1 aliphatic heterocycles. The van der Waals surface area contributed by atoms with E-state index in [1.54, 1.807) is 26.4 Å². The molecule has 0 aromatic heterocycles. The molecule has 0 N–H and O–H groups in total. The number of halogens is 4. The molecule has 0 amide bonds. The highest BCUT2D eigenvalue weighted by molar-refractivity contribution is 6.35. The molecule has 3 aromatic carbocycles. The molecule has 7 heteroatoms. The van der Waals surface area contributed by atoms with Gasteiger partial charge in [-0.05, 0) is 47.5 Å². The zero-order valence-electron chi connectivity index (χ0n) is 17.8. The zero-order valence-corrected chi connectivity index (χ0v) is 20.1. The van der Waals surface area contributed by atoms with Crippen molar-refractivity contribution < 1.29 is 30.8 Å². The maximum absolute atomic E-state index is 14.4. The fourth-order valence-electron chi connectivity index (χ4n) is 4.02. The van der Waals surface area contributed by atoms with Crippen LogP contribution in [0.15, 0.2) is 54.6 Å². The van der Waals surface area contributed by atoms with Gasteiger partial charge in [-0.25, -0.2) is 8.97 Å². The average Bonchev–Trinajstić information content (AvgIpc) is 2.77. The van der Waals surface area contributed by atoms with Gasteiger partial charge in [-0.15, -0.1) is 0 Å². The largest absolute Gasteiger partial charge is 1.00 e. The standard InChI is InChI=1S/C25H23Cl2FNO2.ClH/c1-30-24-12-16-9-10-29(15-18-5-3-4-6-22(18)28)23(20(16)14-25(24)31-2)11-17-7-8-19(26)13-21(17)27;/h3-8,12-14H,9-11,15H2,1-2H3;1H/q+1;/p-1. The molecule has 0 fully saturated rings. The topological polar surface area (TPSA) is 21.5 Å². The van der Waals surface area contributed by atoms with Crippen molar-refractivity contribution in [2.24, 2.45) is 0 Å². The lowest BCUT2D eigenvalue weighted by Gasteiger charge is -2.21. The van der Waals surface area contributed by atoms with Crippen LogP contribution in [0.1, 0.15) is 22.3 Å². The van der Waals surface area contributed by atoms with Crippen LogP contribution in [0, 0.1) is 5.82 Å². The number of hydrogen-bond donors (Lipinski definition) is 0. The van der Waals surface area contributed by atoms with Crippen LogP contribution in [-0.4, -0.2) is 31.1 Å². The van der Waals surface area contributed by atoms with E-state index in [4.69, 9.17) is 32.7 Å². The lowest BCUT2D eigenvalue weighted by molar-refractivity contribution is -0.545. The molecule has 3 aromatic rings. The average molecular weight is 495 g/mol. The Morgan fingerprint density at radius 2 is 1.66 bits per heavy atom. The number of benzene rings is 3. The van der Waals surface area contributed by atoms with Crippen molar-refractivity contribution in [3.05, 3.63) is 92.7 Å². The fourth-order valence-corrected chi connectivity index (χ4v) is 4.49. The van der Waals surface area contributed by atoms with Gasteiger partial charge in [0.25, 0.3) is 0 Å². The minimum atomic E-state index is -0.204. The summed E-state index contributed by atoms with van der Waals surface area (Å²) in [4.78, 5) is 0. The fraction of sp³-hybridized carbons (Fsp3) is 0.240. The van der Waals surface area contributed by atoms with Crippen molar-refractivity contribution in [2.75, 3.05) is 20.8 Å². The Kier molecular flexibility index (Phi) is 8.05. The Labute approximate surface area is 203 Å². The van der Waals surface area contributed by atoms with Crippen molar-refractivity contribution in [3.63, 3.8) is 0 Å². The van der Waals surface area contributed by atoms with E-state index in [1.165, 1.54) is 11.6 Å². The molecule has 4 rings (SSSR count). The number of ether oxygens (including phenoxy) is 2. The second-order valence-electron chi connectivity index (χ2n) is 7.49. The molecule has 0 spiro atoms. The molecule has 168 valence electrons. The van der Waals surface area contributed by atoms with Gasteiger partial charge >= 0.3 is 0 Å². The minimum Gasteiger partial charge on any atom is -1.00 e. The van der Waals surface area contributed by atoms with Crippen molar-refractivity contribution in [1.82, 2.24) is 0 Å². The second kappa shape index (κ2) is 10.6. The highest BCUT2D eigenvalue weighted by Gasteiger charge is 2.29. The SMILES string of the molecule is COc1cc2c(cc1OC)C(Cc1ccc(Cl)cc1Cl)=[N+](Cc1ccccc1F)CC2.[Cl-]. The van der Waals surface area contributed by atoms with Crippen LogP contribution in [0.25, 0.3) is 0 Å². The predicted octanol–water partition coefficient (Wildman–Crippen LogP) is 2.95. The maximum Gasteiger partial charge on any atom is 0.188 e. The number of methoxy groups -OCH3 is 2. The summed E-state index contributed by atoms with van der Waals surface area (Å²) < 4.78 is 27.7. The first-order valence-electron chi connectivity index (χ1n) is 10.0. The first kappa shape index (κ1) is 24.4. The number of nitrogens with zero attached hydrogens (tertiary/aromatic N) is 1.